The van der Waals surface area contributed by atoms with Gasteiger partial charge in [0.05, 0.1) is 6.42 Å². The van der Waals surface area contributed by atoms with Gasteiger partial charge >= 0.3 is 0 Å². The monoisotopic (exact) mass is 169 g/mol. The number of aromatic nitrogens is 2. The second-order valence-corrected chi connectivity index (χ2v) is 2.44. The van der Waals surface area contributed by atoms with E-state index in [1.54, 1.807) is 10.9 Å². The minimum atomic E-state index is -0.312. The summed E-state index contributed by atoms with van der Waals surface area (Å²) < 4.78 is 1.77. The van der Waals surface area contributed by atoms with Crippen molar-refractivity contribution in [3.63, 3.8) is 0 Å². The largest absolute Gasteiger partial charge is 0.270 e. The van der Waals surface area contributed by atoms with E-state index in [4.69, 9.17) is 0 Å². The van der Waals surface area contributed by atoms with Crippen LogP contribution >= 0.6 is 0 Å². The molecule has 0 spiro atoms. The number of nitrogens with zero attached hydrogens (tertiary/aromatic N) is 3. The van der Waals surface area contributed by atoms with E-state index < -0.39 is 0 Å². The molecule has 0 saturated heterocycles. The number of aryl methyl sites for hydroxylation is 1. The van der Waals surface area contributed by atoms with Crippen molar-refractivity contribution in [2.24, 2.45) is 0 Å². The van der Waals surface area contributed by atoms with Crippen molar-refractivity contribution in [3.8, 4) is 0 Å². The van der Waals surface area contributed by atoms with Crippen LogP contribution < -0.4 is 0 Å². The second kappa shape index (κ2) is 3.85. The van der Waals surface area contributed by atoms with Crippen molar-refractivity contribution in [2.75, 3.05) is 6.54 Å². The van der Waals surface area contributed by atoms with E-state index in [-0.39, 0.29) is 11.5 Å². The van der Waals surface area contributed by atoms with Gasteiger partial charge in [-0.05, 0) is 13.0 Å². The van der Waals surface area contributed by atoms with Crippen LogP contribution in [0.25, 0.3) is 0 Å². The molecule has 12 heavy (non-hydrogen) atoms. The third kappa shape index (κ3) is 2.05. The highest BCUT2D eigenvalue weighted by atomic mass is 16.6. The van der Waals surface area contributed by atoms with Gasteiger partial charge in [-0.1, -0.05) is 0 Å². The summed E-state index contributed by atoms with van der Waals surface area (Å²) in [7, 11) is 0. The van der Waals surface area contributed by atoms with Crippen LogP contribution in [-0.4, -0.2) is 21.2 Å². The lowest BCUT2D eigenvalue weighted by Gasteiger charge is -2.00. The molecule has 1 rings (SSSR count). The molecule has 0 aromatic carbocycles. The maximum absolute atomic E-state index is 10.1. The van der Waals surface area contributed by atoms with Crippen molar-refractivity contribution in [3.05, 3.63) is 28.1 Å². The number of nitro groups is 1. The number of rotatable bonds is 4. The molecule has 0 fully saturated rings. The zero-order valence-electron chi connectivity index (χ0n) is 6.93. The fourth-order valence-corrected chi connectivity index (χ4v) is 1.06. The van der Waals surface area contributed by atoms with Crippen molar-refractivity contribution in [2.45, 2.75) is 19.9 Å². The Labute approximate surface area is 70.2 Å². The van der Waals surface area contributed by atoms with Gasteiger partial charge < -0.3 is 0 Å². The van der Waals surface area contributed by atoms with E-state index in [1.807, 2.05) is 13.0 Å². The summed E-state index contributed by atoms with van der Waals surface area (Å²) in [4.78, 5) is 9.76. The predicted octanol–water partition coefficient (Wildman–Crippen LogP) is 0.722. The molecule has 0 N–H and O–H groups in total. The molecule has 1 aromatic rings. The SMILES string of the molecule is CCn1nccc1CC[N+](=O)[O-]. The average Bonchev–Trinajstić information content (AvgIpc) is 2.47. The average molecular weight is 169 g/mol. The Morgan fingerprint density at radius 3 is 3.08 bits per heavy atom. The van der Waals surface area contributed by atoms with Crippen LogP contribution in [0.5, 0.6) is 0 Å². The molecule has 0 atom stereocenters. The van der Waals surface area contributed by atoms with Crippen molar-refractivity contribution in [1.29, 1.82) is 0 Å². The minimum absolute atomic E-state index is 0.0221. The van der Waals surface area contributed by atoms with E-state index in [0.717, 1.165) is 12.2 Å². The molecule has 5 heteroatoms. The lowest BCUT2D eigenvalue weighted by Crippen LogP contribution is -2.09. The number of hydrogen-bond acceptors (Lipinski definition) is 3. The normalized spacial score (nSPS) is 10.1. The van der Waals surface area contributed by atoms with E-state index in [0.29, 0.717) is 6.42 Å². The molecule has 0 bridgehead atoms. The second-order valence-electron chi connectivity index (χ2n) is 2.44. The molecule has 0 radical (unpaired) electrons. The lowest BCUT2D eigenvalue weighted by molar-refractivity contribution is -0.479. The first-order chi connectivity index (χ1) is 5.74. The zero-order chi connectivity index (χ0) is 8.97. The molecule has 1 heterocycles. The molecular weight excluding hydrogens is 158 g/mol. The quantitative estimate of drug-likeness (QED) is 0.493. The summed E-state index contributed by atoms with van der Waals surface area (Å²) in [5, 5.41) is 14.1. The fraction of sp³-hybridized carbons (Fsp3) is 0.571. The Bertz CT molecular complexity index is 269. The zero-order valence-corrected chi connectivity index (χ0v) is 6.93. The first kappa shape index (κ1) is 8.70. The van der Waals surface area contributed by atoms with E-state index in [1.165, 1.54) is 0 Å². The highest BCUT2D eigenvalue weighted by Crippen LogP contribution is 1.99. The molecule has 0 amide bonds. The molecule has 0 aliphatic rings. The van der Waals surface area contributed by atoms with Gasteiger partial charge in [0.15, 0.2) is 0 Å². The summed E-state index contributed by atoms with van der Waals surface area (Å²) in [6.07, 6.45) is 2.12. The van der Waals surface area contributed by atoms with E-state index >= 15 is 0 Å². The summed E-state index contributed by atoms with van der Waals surface area (Å²) in [6.45, 7) is 2.70. The summed E-state index contributed by atoms with van der Waals surface area (Å²) in [6, 6.07) is 1.81. The molecule has 66 valence electrons. The maximum Gasteiger partial charge on any atom is 0.209 e. The molecule has 5 nitrogen and oxygen atoms in total. The third-order valence-corrected chi connectivity index (χ3v) is 1.65. The first-order valence-corrected chi connectivity index (χ1v) is 3.86. The summed E-state index contributed by atoms with van der Waals surface area (Å²) in [5.41, 5.74) is 0.925. The smallest absolute Gasteiger partial charge is 0.209 e. The predicted molar refractivity (Wildman–Crippen MR) is 43.5 cm³/mol. The molecule has 1 aromatic heterocycles. The van der Waals surface area contributed by atoms with Crippen LogP contribution in [0.15, 0.2) is 12.3 Å². The van der Waals surface area contributed by atoms with Gasteiger partial charge in [0.1, 0.15) is 0 Å². The van der Waals surface area contributed by atoms with E-state index in [9.17, 15) is 10.1 Å². The third-order valence-electron chi connectivity index (χ3n) is 1.65. The highest BCUT2D eigenvalue weighted by molar-refractivity contribution is 5.00. The van der Waals surface area contributed by atoms with Gasteiger partial charge in [-0.3, -0.25) is 14.8 Å². The molecule has 0 aliphatic heterocycles. The fourth-order valence-electron chi connectivity index (χ4n) is 1.06. The van der Waals surface area contributed by atoms with E-state index in [2.05, 4.69) is 5.10 Å². The van der Waals surface area contributed by atoms with Gasteiger partial charge in [-0.25, -0.2) is 0 Å². The molecule has 0 unspecified atom stereocenters. The standard InChI is InChI=1S/C7H11N3O2/c1-2-9-7(3-5-8-9)4-6-10(11)12/h3,5H,2,4,6H2,1H3. The van der Waals surface area contributed by atoms with Crippen LogP contribution in [0.4, 0.5) is 0 Å². The summed E-state index contributed by atoms with van der Waals surface area (Å²) in [5.74, 6) is 0. The van der Waals surface area contributed by atoms with Crippen LogP contribution in [0, 0.1) is 10.1 Å². The van der Waals surface area contributed by atoms with Crippen LogP contribution in [-0.2, 0) is 13.0 Å². The Hall–Kier alpha value is -1.39. The van der Waals surface area contributed by atoms with Crippen molar-refractivity contribution in [1.82, 2.24) is 9.78 Å². The van der Waals surface area contributed by atoms with Crippen LogP contribution in [0.3, 0.4) is 0 Å². The Morgan fingerprint density at radius 1 is 1.75 bits per heavy atom. The van der Waals surface area contributed by atoms with Gasteiger partial charge in [-0.2, -0.15) is 5.10 Å². The summed E-state index contributed by atoms with van der Waals surface area (Å²) >= 11 is 0. The van der Waals surface area contributed by atoms with Crippen LogP contribution in [0.2, 0.25) is 0 Å². The number of hydrogen-bond donors (Lipinski definition) is 0. The Kier molecular flexibility index (Phi) is 2.79. The van der Waals surface area contributed by atoms with Crippen molar-refractivity contribution < 1.29 is 4.92 Å². The van der Waals surface area contributed by atoms with Gasteiger partial charge in [0, 0.05) is 23.4 Å². The first-order valence-electron chi connectivity index (χ1n) is 3.86. The highest BCUT2D eigenvalue weighted by Gasteiger charge is 2.03. The Balaban J connectivity index is 2.56. The van der Waals surface area contributed by atoms with Crippen molar-refractivity contribution >= 4 is 0 Å². The van der Waals surface area contributed by atoms with Gasteiger partial charge in [0.2, 0.25) is 6.54 Å². The molecule has 0 aliphatic carbocycles. The maximum atomic E-state index is 10.1. The van der Waals surface area contributed by atoms with Gasteiger partial charge in [0.25, 0.3) is 0 Å². The van der Waals surface area contributed by atoms with Gasteiger partial charge in [-0.15, -0.1) is 0 Å². The minimum Gasteiger partial charge on any atom is -0.270 e. The van der Waals surface area contributed by atoms with Crippen LogP contribution in [0.1, 0.15) is 12.6 Å². The topological polar surface area (TPSA) is 61.0 Å². The molecular formula is C7H11N3O2. The lowest BCUT2D eigenvalue weighted by atomic mass is 10.3. The Morgan fingerprint density at radius 2 is 2.50 bits per heavy atom. The molecule has 0 saturated carbocycles.